The van der Waals surface area contributed by atoms with E-state index in [1.54, 1.807) is 0 Å². The Balaban J connectivity index is 1.58. The number of aromatic nitrogens is 1. The normalized spacial score (nSPS) is 12.7. The van der Waals surface area contributed by atoms with Gasteiger partial charge in [-0.25, -0.2) is 8.42 Å². The molecule has 1 heterocycles. The molecule has 1 aromatic heterocycles. The van der Waals surface area contributed by atoms with Gasteiger partial charge in [-0.2, -0.15) is 22.0 Å². The highest BCUT2D eigenvalue weighted by Crippen LogP contribution is 2.24. The Hall–Kier alpha value is -2.84. The average Bonchev–Trinajstić information content (AvgIpc) is 3.29. The van der Waals surface area contributed by atoms with Gasteiger partial charge in [0.15, 0.2) is 0 Å². The van der Waals surface area contributed by atoms with Gasteiger partial charge in [-0.15, -0.1) is 5.10 Å². The van der Waals surface area contributed by atoms with Crippen LogP contribution in [0.2, 0.25) is 0 Å². The second-order valence-corrected chi connectivity index (χ2v) is 14.6. The van der Waals surface area contributed by atoms with Gasteiger partial charge in [0, 0.05) is 19.2 Å². The van der Waals surface area contributed by atoms with Crippen LogP contribution in [0.25, 0.3) is 10.2 Å². The first-order chi connectivity index (χ1) is 20.0. The molecule has 9 nitrogen and oxygen atoms in total. The van der Waals surface area contributed by atoms with Crippen LogP contribution in [0, 0.1) is 0 Å². The lowest BCUT2D eigenvalue weighted by molar-refractivity contribution is 0.0952. The van der Waals surface area contributed by atoms with Gasteiger partial charge in [-0.05, 0) is 42.8 Å². The van der Waals surface area contributed by atoms with Crippen LogP contribution in [-0.4, -0.2) is 39.6 Å². The van der Waals surface area contributed by atoms with Crippen LogP contribution in [0.4, 0.5) is 8.78 Å². The van der Waals surface area contributed by atoms with Gasteiger partial charge in [-0.1, -0.05) is 82.1 Å². The van der Waals surface area contributed by atoms with Crippen molar-refractivity contribution in [1.29, 1.82) is 0 Å². The summed E-state index contributed by atoms with van der Waals surface area (Å²) in [4.78, 5) is 14.2. The lowest BCUT2D eigenvalue weighted by Gasteiger charge is -2.08. The summed E-state index contributed by atoms with van der Waals surface area (Å²) in [6, 6.07) is 9.12. The van der Waals surface area contributed by atoms with Crippen molar-refractivity contribution in [1.82, 2.24) is 14.7 Å². The van der Waals surface area contributed by atoms with Gasteiger partial charge >= 0.3 is 5.76 Å². The van der Waals surface area contributed by atoms with Gasteiger partial charge in [0.1, 0.15) is 0 Å². The molecule has 0 fully saturated rings. The fourth-order valence-corrected chi connectivity index (χ4v) is 6.97. The van der Waals surface area contributed by atoms with Crippen LogP contribution >= 0.6 is 11.3 Å². The molecule has 0 bridgehead atoms. The molecule has 0 saturated carbocycles. The van der Waals surface area contributed by atoms with Crippen molar-refractivity contribution in [3.63, 3.8) is 0 Å². The minimum atomic E-state index is -4.79. The van der Waals surface area contributed by atoms with E-state index in [0.29, 0.717) is 16.8 Å². The number of rotatable bonds is 17. The Morgan fingerprint density at radius 3 is 2.19 bits per heavy atom. The maximum atomic E-state index is 13.0. The molecule has 0 aliphatic heterocycles. The van der Waals surface area contributed by atoms with E-state index in [-0.39, 0.29) is 21.2 Å². The van der Waals surface area contributed by atoms with Crippen molar-refractivity contribution in [2.24, 2.45) is 12.1 Å². The monoisotopic (exact) mass is 644 g/mol. The molecule has 0 unspecified atom stereocenters. The lowest BCUT2D eigenvalue weighted by Crippen LogP contribution is -2.26. The summed E-state index contributed by atoms with van der Waals surface area (Å²) in [6.45, 7) is 2.71. The molecular weight excluding hydrogens is 607 g/mol. The summed E-state index contributed by atoms with van der Waals surface area (Å²) in [5.41, 5.74) is 0.492. The van der Waals surface area contributed by atoms with Crippen molar-refractivity contribution >= 4 is 47.3 Å². The van der Waals surface area contributed by atoms with Crippen molar-refractivity contribution in [2.45, 2.75) is 86.7 Å². The number of fused-ring (bicyclic) bond motifs is 1. The molecule has 0 aliphatic rings. The van der Waals surface area contributed by atoms with E-state index in [0.717, 1.165) is 42.7 Å². The van der Waals surface area contributed by atoms with E-state index in [4.69, 9.17) is 0 Å². The Morgan fingerprint density at radius 2 is 1.55 bits per heavy atom. The number of thiazole rings is 1. The summed E-state index contributed by atoms with van der Waals surface area (Å²) in [5.74, 6) is -3.93. The second-order valence-electron chi connectivity index (χ2n) is 10.1. The van der Waals surface area contributed by atoms with E-state index in [1.807, 2.05) is 0 Å². The predicted octanol–water partition coefficient (Wildman–Crippen LogP) is 5.68. The van der Waals surface area contributed by atoms with E-state index in [2.05, 4.69) is 22.2 Å². The number of amides is 1. The molecule has 2 N–H and O–H groups in total. The van der Waals surface area contributed by atoms with Crippen molar-refractivity contribution in [3.05, 3.63) is 52.8 Å². The largest absolute Gasteiger partial charge is 0.352 e. The number of sulfone groups is 1. The Bertz CT molecular complexity index is 1630. The summed E-state index contributed by atoms with van der Waals surface area (Å²) >= 11 is 1.04. The number of carbonyl (C=O) groups excluding carboxylic acids is 1. The van der Waals surface area contributed by atoms with Gasteiger partial charge < -0.3 is 9.88 Å². The number of hydrogen-bond acceptors (Lipinski definition) is 7. The number of unbranched alkanes of at least 4 members (excludes halogenated alkanes) is 9. The third kappa shape index (κ3) is 9.08. The topological polar surface area (TPSA) is 127 Å². The fraction of sp³-hybridized carbons (Fsp3) is 0.500. The highest BCUT2D eigenvalue weighted by atomic mass is 32.2. The first-order valence-corrected chi connectivity index (χ1v) is 17.9. The summed E-state index contributed by atoms with van der Waals surface area (Å²) in [5, 5.41) is 6.78. The van der Waals surface area contributed by atoms with Crippen LogP contribution in [0.5, 0.6) is 0 Å². The molecule has 0 saturated heterocycles. The van der Waals surface area contributed by atoms with Crippen LogP contribution in [0.15, 0.2) is 57.4 Å². The third-order valence-electron chi connectivity index (χ3n) is 6.83. The molecule has 14 heteroatoms. The number of alkyl halides is 2. The Morgan fingerprint density at radius 1 is 0.905 bits per heavy atom. The minimum absolute atomic E-state index is 0.158. The first-order valence-electron chi connectivity index (χ1n) is 14.0. The molecule has 3 aromatic rings. The molecule has 1 amide bonds. The number of hydrogen-bond donors (Lipinski definition) is 2. The maximum absolute atomic E-state index is 13.0. The predicted molar refractivity (Wildman–Crippen MR) is 160 cm³/mol. The van der Waals surface area contributed by atoms with Gasteiger partial charge in [0.25, 0.3) is 15.9 Å². The average molecular weight is 645 g/mol. The standard InChI is InChI=1S/C28H38F2N4O5S3/c1-3-4-5-6-7-8-9-10-11-12-18-31-26(35)21-14-13-15-23(19-21)42(38,39)33-32-28-34(2)24-20-22(16-17-25(24)40-28)41(36,37)27(29)30/h13-17,19-20,27,33H,3-12,18H2,1-2H3,(H,31,35)/b32-28+. The zero-order chi connectivity index (χ0) is 30.8. The van der Waals surface area contributed by atoms with Gasteiger partial charge in [-0.3, -0.25) is 4.79 Å². The highest BCUT2D eigenvalue weighted by molar-refractivity contribution is 7.91. The quantitative estimate of drug-likeness (QED) is 0.144. The minimum Gasteiger partial charge on any atom is -0.352 e. The summed E-state index contributed by atoms with van der Waals surface area (Å²) in [6.07, 6.45) is 11.9. The second kappa shape index (κ2) is 15.6. The smallest absolute Gasteiger partial charge is 0.341 e. The third-order valence-corrected chi connectivity index (χ3v) is 10.5. The Kier molecular flexibility index (Phi) is 12.5. The van der Waals surface area contributed by atoms with Crippen LogP contribution in [0.3, 0.4) is 0 Å². The van der Waals surface area contributed by atoms with E-state index in [1.165, 1.54) is 86.9 Å². The zero-order valence-corrected chi connectivity index (χ0v) is 26.3. The van der Waals surface area contributed by atoms with Crippen molar-refractivity contribution in [2.75, 3.05) is 6.54 Å². The lowest BCUT2D eigenvalue weighted by atomic mass is 10.1. The number of carbonyl (C=O) groups is 1. The first kappa shape index (κ1) is 33.7. The van der Waals surface area contributed by atoms with E-state index < -0.39 is 30.5 Å². The molecular formula is C28H38F2N4O5S3. The number of aryl methyl sites for hydroxylation is 1. The molecule has 2 aromatic carbocycles. The molecule has 42 heavy (non-hydrogen) atoms. The SMILES string of the molecule is CCCCCCCCCCCCNC(=O)c1cccc(S(=O)(=O)N/N=c2/sc3ccc(S(=O)(=O)C(F)F)cc3n2C)c1. The zero-order valence-electron chi connectivity index (χ0n) is 23.8. The summed E-state index contributed by atoms with van der Waals surface area (Å²) in [7, 11) is -7.44. The van der Waals surface area contributed by atoms with Crippen molar-refractivity contribution < 1.29 is 30.4 Å². The molecule has 0 aliphatic carbocycles. The van der Waals surface area contributed by atoms with E-state index >= 15 is 0 Å². The van der Waals surface area contributed by atoms with Crippen LogP contribution < -0.4 is 14.9 Å². The van der Waals surface area contributed by atoms with Crippen LogP contribution in [0.1, 0.15) is 81.5 Å². The number of nitrogens with zero attached hydrogens (tertiary/aromatic N) is 2. The number of halogens is 2. The fourth-order valence-electron chi connectivity index (χ4n) is 4.37. The van der Waals surface area contributed by atoms with Gasteiger partial charge in [0.05, 0.1) is 20.0 Å². The van der Waals surface area contributed by atoms with Crippen molar-refractivity contribution in [3.8, 4) is 0 Å². The molecule has 3 rings (SSSR count). The summed E-state index contributed by atoms with van der Waals surface area (Å²) < 4.78 is 77.3. The van der Waals surface area contributed by atoms with E-state index in [9.17, 15) is 30.4 Å². The number of sulfonamides is 1. The highest BCUT2D eigenvalue weighted by Gasteiger charge is 2.27. The Labute approximate surface area is 250 Å². The maximum Gasteiger partial charge on any atom is 0.341 e. The number of nitrogens with one attached hydrogen (secondary N) is 2. The van der Waals surface area contributed by atoms with Gasteiger partial charge in [0.2, 0.25) is 14.6 Å². The van der Waals surface area contributed by atoms with Crippen LogP contribution in [-0.2, 0) is 26.9 Å². The molecule has 0 atom stereocenters. The molecule has 0 spiro atoms. The molecule has 0 radical (unpaired) electrons. The number of benzene rings is 2. The molecule has 232 valence electrons.